The molecule has 0 spiro atoms. The Kier molecular flexibility index (Phi) is 7.60. The number of ether oxygens (including phenoxy) is 1. The molecule has 33 heavy (non-hydrogen) atoms. The maximum absolute atomic E-state index is 12.4. The second-order valence-electron chi connectivity index (χ2n) is 7.48. The highest BCUT2D eigenvalue weighted by Crippen LogP contribution is 2.25. The van der Waals surface area contributed by atoms with E-state index in [1.165, 1.54) is 20.2 Å². The van der Waals surface area contributed by atoms with Gasteiger partial charge in [-0.05, 0) is 38.0 Å². The van der Waals surface area contributed by atoms with Gasteiger partial charge in [-0.2, -0.15) is 5.10 Å². The molecule has 3 aromatic rings. The first-order valence-corrected chi connectivity index (χ1v) is 10.7. The first-order valence-electron chi connectivity index (χ1n) is 10.7. The van der Waals surface area contributed by atoms with Gasteiger partial charge in [0.2, 0.25) is 11.7 Å². The number of aromatic nitrogens is 3. The number of nitrogens with zero attached hydrogens (tertiary/aromatic N) is 2. The maximum Gasteiger partial charge on any atom is 0.328 e. The lowest BCUT2D eigenvalue weighted by molar-refractivity contribution is -0.142. The summed E-state index contributed by atoms with van der Waals surface area (Å²) in [7, 11) is 1.25. The Labute approximate surface area is 191 Å². The van der Waals surface area contributed by atoms with Gasteiger partial charge in [0.05, 0.1) is 19.0 Å². The second kappa shape index (κ2) is 10.6. The molecule has 0 aliphatic rings. The largest absolute Gasteiger partial charge is 0.467 e. The number of hydrogen-bond acceptors (Lipinski definition) is 7. The van der Waals surface area contributed by atoms with Gasteiger partial charge in [-0.3, -0.25) is 14.7 Å². The number of oxazole rings is 1. The summed E-state index contributed by atoms with van der Waals surface area (Å²) >= 11 is 0. The molecule has 0 saturated carbocycles. The zero-order valence-electron chi connectivity index (χ0n) is 19.0. The van der Waals surface area contributed by atoms with E-state index < -0.39 is 17.9 Å². The second-order valence-corrected chi connectivity index (χ2v) is 7.48. The van der Waals surface area contributed by atoms with Gasteiger partial charge in [-0.15, -0.1) is 0 Å². The summed E-state index contributed by atoms with van der Waals surface area (Å²) in [6.45, 7) is 5.54. The van der Waals surface area contributed by atoms with Crippen LogP contribution in [0.2, 0.25) is 0 Å². The van der Waals surface area contributed by atoms with Crippen molar-refractivity contribution < 1.29 is 23.5 Å². The van der Waals surface area contributed by atoms with Crippen molar-refractivity contribution in [2.24, 2.45) is 0 Å². The fourth-order valence-electron chi connectivity index (χ4n) is 3.17. The zero-order valence-corrected chi connectivity index (χ0v) is 19.0. The summed E-state index contributed by atoms with van der Waals surface area (Å²) in [6.07, 6.45) is 3.06. The predicted molar refractivity (Wildman–Crippen MR) is 120 cm³/mol. The van der Waals surface area contributed by atoms with E-state index >= 15 is 0 Å². The van der Waals surface area contributed by atoms with Crippen LogP contribution in [0.15, 0.2) is 40.9 Å². The molecule has 3 rings (SSSR count). The molecule has 1 atom stereocenters. The van der Waals surface area contributed by atoms with E-state index in [2.05, 4.69) is 30.6 Å². The molecule has 0 aliphatic carbocycles. The Morgan fingerprint density at radius 2 is 1.82 bits per heavy atom. The third-order valence-corrected chi connectivity index (χ3v) is 5.18. The van der Waals surface area contributed by atoms with E-state index in [4.69, 9.17) is 4.42 Å². The average molecular weight is 453 g/mol. The third-order valence-electron chi connectivity index (χ3n) is 5.18. The van der Waals surface area contributed by atoms with Crippen LogP contribution in [0.5, 0.6) is 0 Å². The number of H-pyrrole nitrogens is 1. The molecule has 2 heterocycles. The number of benzene rings is 1. The molecule has 10 nitrogen and oxygen atoms in total. The van der Waals surface area contributed by atoms with Gasteiger partial charge in [0, 0.05) is 17.2 Å². The minimum atomic E-state index is -0.799. The number of nitrogens with one attached hydrogen (secondary N) is 3. The molecular formula is C23H27N5O5. The molecule has 2 aromatic heterocycles. The van der Waals surface area contributed by atoms with E-state index in [1.807, 2.05) is 19.9 Å². The van der Waals surface area contributed by atoms with Crippen LogP contribution < -0.4 is 10.6 Å². The lowest BCUT2D eigenvalue weighted by Crippen LogP contribution is -2.39. The van der Waals surface area contributed by atoms with Crippen LogP contribution >= 0.6 is 0 Å². The van der Waals surface area contributed by atoms with Gasteiger partial charge in [0.1, 0.15) is 6.04 Å². The van der Waals surface area contributed by atoms with Crippen molar-refractivity contribution in [1.29, 1.82) is 0 Å². The van der Waals surface area contributed by atoms with Gasteiger partial charge in [-0.1, -0.05) is 26.0 Å². The smallest absolute Gasteiger partial charge is 0.328 e. The number of esters is 1. The highest BCUT2D eigenvalue weighted by atomic mass is 16.5. The lowest BCUT2D eigenvalue weighted by atomic mass is 10.1. The van der Waals surface area contributed by atoms with Gasteiger partial charge in [-0.25, -0.2) is 9.78 Å². The molecule has 0 aliphatic heterocycles. The molecule has 3 N–H and O–H groups in total. The van der Waals surface area contributed by atoms with Gasteiger partial charge in [0.15, 0.2) is 5.69 Å². The van der Waals surface area contributed by atoms with Crippen LogP contribution in [0, 0.1) is 0 Å². The van der Waals surface area contributed by atoms with Crippen molar-refractivity contribution in [1.82, 2.24) is 25.8 Å². The van der Waals surface area contributed by atoms with Gasteiger partial charge in [0.25, 0.3) is 11.8 Å². The molecular weight excluding hydrogens is 426 g/mol. The Morgan fingerprint density at radius 3 is 2.52 bits per heavy atom. The summed E-state index contributed by atoms with van der Waals surface area (Å²) in [5, 5.41) is 12.3. The summed E-state index contributed by atoms with van der Waals surface area (Å²) in [5.74, 6) is -0.916. The quantitative estimate of drug-likeness (QED) is 0.423. The van der Waals surface area contributed by atoms with E-state index in [-0.39, 0.29) is 23.4 Å². The summed E-state index contributed by atoms with van der Waals surface area (Å²) in [6, 6.07) is 8.10. The number of hydrogen-bond donors (Lipinski definition) is 3. The van der Waals surface area contributed by atoms with Crippen molar-refractivity contribution in [2.45, 2.75) is 45.7 Å². The monoisotopic (exact) mass is 453 g/mol. The number of methoxy groups -OCH3 is 1. The Hall–Kier alpha value is -3.95. The lowest BCUT2D eigenvalue weighted by Gasteiger charge is -2.12. The summed E-state index contributed by atoms with van der Waals surface area (Å²) in [4.78, 5) is 40.4. The molecule has 174 valence electrons. The normalized spacial score (nSPS) is 11.8. The molecule has 0 radical (unpaired) electrons. The molecule has 0 fully saturated rings. The number of amides is 2. The third kappa shape index (κ3) is 5.65. The minimum absolute atomic E-state index is 0.0803. The topological polar surface area (TPSA) is 139 Å². The summed E-state index contributed by atoms with van der Waals surface area (Å²) < 4.78 is 10.3. The number of carbonyl (C=O) groups excluding carboxylic acids is 3. The molecule has 10 heteroatoms. The number of carbonyl (C=O) groups is 3. The van der Waals surface area contributed by atoms with Gasteiger partial charge >= 0.3 is 5.97 Å². The fourth-order valence-corrected chi connectivity index (χ4v) is 3.17. The molecule has 1 aromatic carbocycles. The SMILES string of the molecule is CCC(CC)NC(=O)c1cnc(-c2cccc(-c3cc(C(=O)N[C@@H](C)C(=O)OC)n[nH]3)c2)o1. The highest BCUT2D eigenvalue weighted by molar-refractivity contribution is 5.96. The molecule has 0 unspecified atom stereocenters. The molecule has 0 bridgehead atoms. The van der Waals surface area contributed by atoms with Crippen LogP contribution in [0.1, 0.15) is 54.7 Å². The van der Waals surface area contributed by atoms with E-state index in [1.54, 1.807) is 24.3 Å². The molecule has 0 saturated heterocycles. The number of rotatable bonds is 9. The number of aromatic amines is 1. The predicted octanol–water partition coefficient (Wildman–Crippen LogP) is 2.94. The van der Waals surface area contributed by atoms with Crippen molar-refractivity contribution >= 4 is 17.8 Å². The average Bonchev–Trinajstić information content (AvgIpc) is 3.52. The van der Waals surface area contributed by atoms with Crippen LogP contribution in [0.4, 0.5) is 0 Å². The maximum atomic E-state index is 12.4. The van der Waals surface area contributed by atoms with E-state index in [0.717, 1.165) is 18.4 Å². The van der Waals surface area contributed by atoms with Crippen molar-refractivity contribution in [2.75, 3.05) is 7.11 Å². The van der Waals surface area contributed by atoms with Crippen LogP contribution in [-0.2, 0) is 9.53 Å². The zero-order chi connectivity index (χ0) is 24.0. The Morgan fingerprint density at radius 1 is 1.09 bits per heavy atom. The fraction of sp³-hybridized carbons (Fsp3) is 0.348. The van der Waals surface area contributed by atoms with Crippen LogP contribution in [0.25, 0.3) is 22.7 Å². The van der Waals surface area contributed by atoms with Gasteiger partial charge < -0.3 is 19.8 Å². The Balaban J connectivity index is 1.75. The van der Waals surface area contributed by atoms with E-state index in [0.29, 0.717) is 17.1 Å². The minimum Gasteiger partial charge on any atom is -0.467 e. The first kappa shape index (κ1) is 23.7. The van der Waals surface area contributed by atoms with E-state index in [9.17, 15) is 14.4 Å². The molecule has 2 amide bonds. The first-order chi connectivity index (χ1) is 15.9. The highest BCUT2D eigenvalue weighted by Gasteiger charge is 2.20. The van der Waals surface area contributed by atoms with Crippen molar-refractivity contribution in [3.8, 4) is 22.7 Å². The van der Waals surface area contributed by atoms with Crippen LogP contribution in [0.3, 0.4) is 0 Å². The summed E-state index contributed by atoms with van der Waals surface area (Å²) in [5.41, 5.74) is 2.11. The van der Waals surface area contributed by atoms with Crippen molar-refractivity contribution in [3.05, 3.63) is 48.0 Å². The Bertz CT molecular complexity index is 1130. The van der Waals surface area contributed by atoms with Crippen LogP contribution in [-0.4, -0.2) is 52.2 Å². The standard InChI is InChI=1S/C23H27N5O5/c1-5-16(6-2)26-21(30)19-12-24-22(33-19)15-9-7-8-14(10-15)17-11-18(28-27-17)20(29)25-13(3)23(31)32-4/h7-13,16H,5-6H2,1-4H3,(H,25,29)(H,26,30)(H,27,28)/t13-/m0/s1. The van der Waals surface area contributed by atoms with Crippen molar-refractivity contribution in [3.63, 3.8) is 0 Å².